The third-order valence-corrected chi connectivity index (χ3v) is 6.59. The SMILES string of the molecule is C=C(C)C(c1ccc(C)cc1C)c1ccc(O)c(C(C(=C)C)c2ccc(C)cc2C)c1C. The summed E-state index contributed by atoms with van der Waals surface area (Å²) in [7, 11) is 0. The van der Waals surface area contributed by atoms with E-state index in [1.807, 2.05) is 6.07 Å². The van der Waals surface area contributed by atoms with Crippen molar-refractivity contribution in [3.8, 4) is 5.75 Å². The van der Waals surface area contributed by atoms with Gasteiger partial charge in [-0.05, 0) is 87.9 Å². The second-order valence-corrected chi connectivity index (χ2v) is 9.49. The smallest absolute Gasteiger partial charge is 0.120 e. The van der Waals surface area contributed by atoms with E-state index in [-0.39, 0.29) is 11.8 Å². The molecule has 0 saturated heterocycles. The zero-order valence-electron chi connectivity index (χ0n) is 20.6. The maximum atomic E-state index is 11.1. The van der Waals surface area contributed by atoms with E-state index in [0.717, 1.165) is 22.3 Å². The third-order valence-electron chi connectivity index (χ3n) is 6.59. The molecule has 1 heteroatoms. The van der Waals surface area contributed by atoms with Crippen LogP contribution in [0.1, 0.15) is 75.8 Å². The zero-order chi connectivity index (χ0) is 23.7. The molecule has 3 rings (SSSR count). The third kappa shape index (κ3) is 4.43. The van der Waals surface area contributed by atoms with Gasteiger partial charge in [0, 0.05) is 17.4 Å². The van der Waals surface area contributed by atoms with Crippen LogP contribution < -0.4 is 0 Å². The molecule has 0 aliphatic heterocycles. The van der Waals surface area contributed by atoms with E-state index in [4.69, 9.17) is 0 Å². The van der Waals surface area contributed by atoms with Crippen LogP contribution in [0.4, 0.5) is 0 Å². The Balaban J connectivity index is 2.27. The summed E-state index contributed by atoms with van der Waals surface area (Å²) in [5, 5.41) is 11.1. The molecule has 0 amide bonds. The molecule has 166 valence electrons. The molecule has 0 bridgehead atoms. The Hall–Kier alpha value is -3.06. The fourth-order valence-corrected chi connectivity index (χ4v) is 5.07. The molecule has 0 spiro atoms. The number of phenolic OH excluding ortho intramolecular Hbond substituents is 1. The van der Waals surface area contributed by atoms with E-state index in [0.29, 0.717) is 5.75 Å². The van der Waals surface area contributed by atoms with Crippen molar-refractivity contribution in [2.45, 2.75) is 60.3 Å². The van der Waals surface area contributed by atoms with Crippen LogP contribution in [0, 0.1) is 34.6 Å². The summed E-state index contributed by atoms with van der Waals surface area (Å²) in [5.74, 6) is 0.320. The van der Waals surface area contributed by atoms with E-state index in [2.05, 4.69) is 104 Å². The van der Waals surface area contributed by atoms with Gasteiger partial charge in [0.05, 0.1) is 0 Å². The predicted molar refractivity (Wildman–Crippen MR) is 138 cm³/mol. The number of benzene rings is 3. The van der Waals surface area contributed by atoms with E-state index >= 15 is 0 Å². The summed E-state index contributed by atoms with van der Waals surface area (Å²) in [6.07, 6.45) is 0. The lowest BCUT2D eigenvalue weighted by Crippen LogP contribution is -2.12. The number of hydrogen-bond donors (Lipinski definition) is 1. The van der Waals surface area contributed by atoms with Crippen LogP contribution in [0.5, 0.6) is 5.75 Å². The molecule has 0 aliphatic rings. The highest BCUT2D eigenvalue weighted by Gasteiger charge is 2.27. The van der Waals surface area contributed by atoms with E-state index in [1.54, 1.807) is 0 Å². The largest absolute Gasteiger partial charge is 0.508 e. The van der Waals surface area contributed by atoms with Crippen LogP contribution >= 0.6 is 0 Å². The Morgan fingerprint density at radius 2 is 1.09 bits per heavy atom. The van der Waals surface area contributed by atoms with E-state index < -0.39 is 0 Å². The highest BCUT2D eigenvalue weighted by Crippen LogP contribution is 2.44. The van der Waals surface area contributed by atoms with Crippen molar-refractivity contribution >= 4 is 0 Å². The number of rotatable bonds is 6. The lowest BCUT2D eigenvalue weighted by atomic mass is 9.76. The molecule has 3 aromatic carbocycles. The first-order valence-electron chi connectivity index (χ1n) is 11.3. The Bertz CT molecular complexity index is 1200. The maximum absolute atomic E-state index is 11.1. The molecular formula is C31H36O. The van der Waals surface area contributed by atoms with Crippen LogP contribution in [0.25, 0.3) is 0 Å². The second kappa shape index (κ2) is 9.20. The Morgan fingerprint density at radius 1 is 0.656 bits per heavy atom. The van der Waals surface area contributed by atoms with Crippen molar-refractivity contribution in [2.24, 2.45) is 0 Å². The molecule has 3 aromatic rings. The van der Waals surface area contributed by atoms with E-state index in [9.17, 15) is 5.11 Å². The molecule has 0 radical (unpaired) electrons. The summed E-state index contributed by atoms with van der Waals surface area (Å²) in [6.45, 7) is 23.5. The quantitative estimate of drug-likeness (QED) is 0.394. The van der Waals surface area contributed by atoms with Gasteiger partial charge in [0.15, 0.2) is 0 Å². The summed E-state index contributed by atoms with van der Waals surface area (Å²) in [4.78, 5) is 0. The Kier molecular flexibility index (Phi) is 6.79. The number of phenols is 1. The van der Waals surface area contributed by atoms with Crippen LogP contribution in [-0.4, -0.2) is 5.11 Å². The Labute approximate surface area is 194 Å². The minimum absolute atomic E-state index is 0.0690. The van der Waals surface area contributed by atoms with Gasteiger partial charge in [0.2, 0.25) is 0 Å². The summed E-state index contributed by atoms with van der Waals surface area (Å²) in [5.41, 5.74) is 12.8. The number of allylic oxidation sites excluding steroid dienone is 2. The highest BCUT2D eigenvalue weighted by atomic mass is 16.3. The van der Waals surface area contributed by atoms with Crippen molar-refractivity contribution in [2.75, 3.05) is 0 Å². The van der Waals surface area contributed by atoms with Gasteiger partial charge < -0.3 is 5.11 Å². The number of aromatic hydroxyl groups is 1. The highest BCUT2D eigenvalue weighted by molar-refractivity contribution is 5.58. The zero-order valence-corrected chi connectivity index (χ0v) is 20.6. The van der Waals surface area contributed by atoms with Crippen LogP contribution in [0.15, 0.2) is 72.8 Å². The van der Waals surface area contributed by atoms with Crippen molar-refractivity contribution in [3.63, 3.8) is 0 Å². The summed E-state index contributed by atoms with van der Waals surface area (Å²) < 4.78 is 0. The molecule has 1 N–H and O–H groups in total. The van der Waals surface area contributed by atoms with Crippen LogP contribution in [0.2, 0.25) is 0 Å². The first kappa shape index (κ1) is 23.6. The van der Waals surface area contributed by atoms with Gasteiger partial charge in [-0.1, -0.05) is 77.9 Å². The standard InChI is InChI=1S/C31H36O/c1-18(2)29(25-12-10-20(5)16-22(25)7)27-14-15-28(32)31(24(27)9)30(19(3)4)26-13-11-21(6)17-23(26)8/h10-17,29-30,32H,1,3H2,2,4-9H3. The van der Waals surface area contributed by atoms with Gasteiger partial charge in [-0.15, -0.1) is 0 Å². The van der Waals surface area contributed by atoms with Crippen molar-refractivity contribution in [1.29, 1.82) is 0 Å². The normalized spacial score (nSPS) is 13.0. The average molecular weight is 425 g/mol. The lowest BCUT2D eigenvalue weighted by molar-refractivity contribution is 0.465. The molecular weight excluding hydrogens is 388 g/mol. The molecule has 2 unspecified atom stereocenters. The average Bonchev–Trinajstić information content (AvgIpc) is 2.69. The molecule has 2 atom stereocenters. The minimum Gasteiger partial charge on any atom is -0.508 e. The molecule has 0 heterocycles. The minimum atomic E-state index is -0.0690. The fourth-order valence-electron chi connectivity index (χ4n) is 5.07. The van der Waals surface area contributed by atoms with Gasteiger partial charge in [0.25, 0.3) is 0 Å². The molecule has 0 aliphatic carbocycles. The van der Waals surface area contributed by atoms with Crippen LogP contribution in [0.3, 0.4) is 0 Å². The molecule has 32 heavy (non-hydrogen) atoms. The van der Waals surface area contributed by atoms with Crippen LogP contribution in [-0.2, 0) is 0 Å². The van der Waals surface area contributed by atoms with Crippen molar-refractivity contribution in [3.05, 3.63) is 123 Å². The summed E-state index contributed by atoms with van der Waals surface area (Å²) >= 11 is 0. The second-order valence-electron chi connectivity index (χ2n) is 9.49. The van der Waals surface area contributed by atoms with Crippen molar-refractivity contribution < 1.29 is 5.11 Å². The Morgan fingerprint density at radius 3 is 1.53 bits per heavy atom. The predicted octanol–water partition coefficient (Wildman–Crippen LogP) is 8.35. The molecule has 0 saturated carbocycles. The number of hydrogen-bond acceptors (Lipinski definition) is 1. The molecule has 0 fully saturated rings. The number of aryl methyl sites for hydroxylation is 4. The lowest BCUT2D eigenvalue weighted by Gasteiger charge is -2.28. The summed E-state index contributed by atoms with van der Waals surface area (Å²) in [6, 6.07) is 17.0. The maximum Gasteiger partial charge on any atom is 0.120 e. The molecule has 1 nitrogen and oxygen atoms in total. The first-order chi connectivity index (χ1) is 15.0. The van der Waals surface area contributed by atoms with Gasteiger partial charge in [0.1, 0.15) is 5.75 Å². The topological polar surface area (TPSA) is 20.2 Å². The van der Waals surface area contributed by atoms with Gasteiger partial charge in [-0.3, -0.25) is 0 Å². The monoisotopic (exact) mass is 424 g/mol. The van der Waals surface area contributed by atoms with E-state index in [1.165, 1.54) is 38.9 Å². The fraction of sp³-hybridized carbons (Fsp3) is 0.290. The molecule has 0 aromatic heterocycles. The first-order valence-corrected chi connectivity index (χ1v) is 11.3. The van der Waals surface area contributed by atoms with Gasteiger partial charge in [-0.2, -0.15) is 0 Å². The van der Waals surface area contributed by atoms with Gasteiger partial charge in [-0.25, -0.2) is 0 Å². The van der Waals surface area contributed by atoms with Crippen molar-refractivity contribution in [1.82, 2.24) is 0 Å². The van der Waals surface area contributed by atoms with Gasteiger partial charge >= 0.3 is 0 Å².